The van der Waals surface area contributed by atoms with Crippen LogP contribution < -0.4 is 26.4 Å². The standard InChI is InChI=1S/C22H28N6O2/c1-4-21(29)24-14-15-26-28(3)27-25-16-17(2)22(23)18-10-12-20(13-11-18)30-19-8-6-5-7-9-19/h4-13,16,23,25-27H,1,14-15H2,2-3H3,(H,24,29)/b17-16+,23-22?. The molecule has 158 valence electrons. The third-order valence-electron chi connectivity index (χ3n) is 4.00. The lowest BCUT2D eigenvalue weighted by molar-refractivity contribution is -0.116. The van der Waals surface area contributed by atoms with Crippen LogP contribution in [0.4, 0.5) is 0 Å². The number of carbonyl (C=O) groups is 1. The minimum absolute atomic E-state index is 0.206. The molecular formula is C22H28N6O2. The summed E-state index contributed by atoms with van der Waals surface area (Å²) >= 11 is 0. The molecule has 30 heavy (non-hydrogen) atoms. The van der Waals surface area contributed by atoms with Crippen LogP contribution in [-0.2, 0) is 4.79 Å². The second-order valence-electron chi connectivity index (χ2n) is 6.36. The maximum atomic E-state index is 11.1. The summed E-state index contributed by atoms with van der Waals surface area (Å²) in [6.45, 7) is 6.26. The highest BCUT2D eigenvalue weighted by Gasteiger charge is 2.05. The quantitative estimate of drug-likeness (QED) is 0.160. The Kier molecular flexibility index (Phi) is 9.26. The van der Waals surface area contributed by atoms with Crippen molar-refractivity contribution < 1.29 is 9.53 Å². The molecule has 8 heteroatoms. The largest absolute Gasteiger partial charge is 0.457 e. The summed E-state index contributed by atoms with van der Waals surface area (Å²) in [6.07, 6.45) is 2.93. The average Bonchev–Trinajstić information content (AvgIpc) is 2.77. The van der Waals surface area contributed by atoms with Crippen molar-refractivity contribution in [2.75, 3.05) is 20.1 Å². The number of allylic oxidation sites excluding steroid dienone is 1. The molecule has 0 saturated heterocycles. The van der Waals surface area contributed by atoms with Crippen molar-refractivity contribution in [3.05, 3.63) is 84.6 Å². The number of nitrogens with zero attached hydrogens (tertiary/aromatic N) is 1. The van der Waals surface area contributed by atoms with E-state index in [9.17, 15) is 4.79 Å². The number of hydrogen-bond acceptors (Lipinski definition) is 7. The van der Waals surface area contributed by atoms with Gasteiger partial charge in [-0.25, -0.2) is 5.43 Å². The van der Waals surface area contributed by atoms with Crippen LogP contribution in [0.5, 0.6) is 11.5 Å². The van der Waals surface area contributed by atoms with Gasteiger partial charge in [-0.1, -0.05) is 24.8 Å². The van der Waals surface area contributed by atoms with E-state index in [1.807, 2.05) is 61.5 Å². The first-order valence-corrected chi connectivity index (χ1v) is 9.47. The van der Waals surface area contributed by atoms with Gasteiger partial charge in [-0.2, -0.15) is 10.7 Å². The summed E-state index contributed by atoms with van der Waals surface area (Å²) in [7, 11) is 1.78. The number of ether oxygens (including phenoxy) is 1. The van der Waals surface area contributed by atoms with Crippen LogP contribution in [-0.4, -0.2) is 36.9 Å². The number of nitrogens with one attached hydrogen (secondary N) is 5. The van der Waals surface area contributed by atoms with Gasteiger partial charge in [-0.15, -0.1) is 0 Å². The molecule has 2 rings (SSSR count). The fourth-order valence-corrected chi connectivity index (χ4v) is 2.37. The fourth-order valence-electron chi connectivity index (χ4n) is 2.37. The van der Waals surface area contributed by atoms with Crippen LogP contribution in [0.25, 0.3) is 0 Å². The summed E-state index contributed by atoms with van der Waals surface area (Å²) in [4.78, 5) is 11.1. The molecule has 0 unspecified atom stereocenters. The van der Waals surface area contributed by atoms with E-state index in [4.69, 9.17) is 10.1 Å². The Morgan fingerprint density at radius 1 is 1.10 bits per heavy atom. The molecule has 5 N–H and O–H groups in total. The third kappa shape index (κ3) is 7.88. The molecule has 2 aromatic carbocycles. The fraction of sp³-hybridized carbons (Fsp3) is 0.182. The van der Waals surface area contributed by atoms with Crippen molar-refractivity contribution in [3.8, 4) is 11.5 Å². The molecule has 1 amide bonds. The van der Waals surface area contributed by atoms with Gasteiger partial charge in [-0.3, -0.25) is 10.2 Å². The van der Waals surface area contributed by atoms with Gasteiger partial charge in [0.05, 0.1) is 5.71 Å². The first-order chi connectivity index (χ1) is 14.5. The number of carbonyl (C=O) groups excluding carboxylic acids is 1. The molecule has 0 aliphatic carbocycles. The van der Waals surface area contributed by atoms with Crippen molar-refractivity contribution >= 4 is 11.6 Å². The summed E-state index contributed by atoms with van der Waals surface area (Å²) < 4.78 is 5.78. The first-order valence-electron chi connectivity index (χ1n) is 9.47. The van der Waals surface area contributed by atoms with Crippen LogP contribution in [0.3, 0.4) is 0 Å². The number of amides is 1. The van der Waals surface area contributed by atoms with Gasteiger partial charge in [0.15, 0.2) is 0 Å². The van der Waals surface area contributed by atoms with Crippen molar-refractivity contribution in [1.82, 2.24) is 26.8 Å². The van der Waals surface area contributed by atoms with E-state index in [1.165, 1.54) is 6.08 Å². The number of rotatable bonds is 12. The number of benzene rings is 2. The Labute approximate surface area is 177 Å². The van der Waals surface area contributed by atoms with E-state index < -0.39 is 0 Å². The summed E-state index contributed by atoms with van der Waals surface area (Å²) in [6, 6.07) is 17.0. The molecule has 0 fully saturated rings. The molecule has 0 radical (unpaired) electrons. The Morgan fingerprint density at radius 3 is 2.43 bits per heavy atom. The topological polar surface area (TPSA) is 102 Å². The molecule has 0 aliphatic heterocycles. The van der Waals surface area contributed by atoms with Gasteiger partial charge in [0.2, 0.25) is 5.91 Å². The van der Waals surface area contributed by atoms with E-state index in [-0.39, 0.29) is 5.91 Å². The molecular weight excluding hydrogens is 380 g/mol. The van der Waals surface area contributed by atoms with Gasteiger partial charge in [-0.05, 0) is 60.5 Å². The van der Waals surface area contributed by atoms with Gasteiger partial charge in [0.1, 0.15) is 11.5 Å². The zero-order chi connectivity index (χ0) is 21.8. The van der Waals surface area contributed by atoms with Crippen molar-refractivity contribution in [3.63, 3.8) is 0 Å². The Balaban J connectivity index is 1.76. The minimum atomic E-state index is -0.206. The second kappa shape index (κ2) is 12.2. The van der Waals surface area contributed by atoms with Crippen LogP contribution >= 0.6 is 0 Å². The van der Waals surface area contributed by atoms with Crippen molar-refractivity contribution in [1.29, 1.82) is 5.41 Å². The SMILES string of the molecule is C=CC(=O)NCCNN(C)NN/C=C(\C)C(=N)c1ccc(Oc2ccccc2)cc1. The lowest BCUT2D eigenvalue weighted by atomic mass is 10.0. The highest BCUT2D eigenvalue weighted by Crippen LogP contribution is 2.21. The van der Waals surface area contributed by atoms with Gasteiger partial charge < -0.3 is 15.5 Å². The molecule has 8 nitrogen and oxygen atoms in total. The summed E-state index contributed by atoms with van der Waals surface area (Å²) in [5.41, 5.74) is 10.8. The number of hydrazine groups is 3. The predicted molar refractivity (Wildman–Crippen MR) is 119 cm³/mol. The Morgan fingerprint density at radius 2 is 1.77 bits per heavy atom. The molecule has 0 bridgehead atoms. The molecule has 0 aliphatic rings. The molecule has 0 spiro atoms. The van der Waals surface area contributed by atoms with Crippen LogP contribution in [0.15, 0.2) is 79.0 Å². The lowest BCUT2D eigenvalue weighted by Crippen LogP contribution is -2.51. The molecule has 0 atom stereocenters. The minimum Gasteiger partial charge on any atom is -0.457 e. The van der Waals surface area contributed by atoms with Gasteiger partial charge in [0, 0.05) is 26.3 Å². The first kappa shape index (κ1) is 22.8. The average molecular weight is 409 g/mol. The Bertz CT molecular complexity index is 865. The monoisotopic (exact) mass is 408 g/mol. The van der Waals surface area contributed by atoms with Gasteiger partial charge in [0.25, 0.3) is 0 Å². The third-order valence-corrected chi connectivity index (χ3v) is 4.00. The zero-order valence-electron chi connectivity index (χ0n) is 17.2. The maximum absolute atomic E-state index is 11.1. The van der Waals surface area contributed by atoms with Crippen LogP contribution in [0.2, 0.25) is 0 Å². The number of para-hydroxylation sites is 1. The highest BCUT2D eigenvalue weighted by atomic mass is 16.5. The van der Waals surface area contributed by atoms with Crippen molar-refractivity contribution in [2.24, 2.45) is 0 Å². The molecule has 2 aromatic rings. The molecule has 0 aromatic heterocycles. The predicted octanol–water partition coefficient (Wildman–Crippen LogP) is 2.50. The maximum Gasteiger partial charge on any atom is 0.243 e. The van der Waals surface area contributed by atoms with E-state index in [0.717, 1.165) is 22.6 Å². The smallest absolute Gasteiger partial charge is 0.243 e. The number of hydrogen-bond donors (Lipinski definition) is 5. The summed E-state index contributed by atoms with van der Waals surface area (Å²) in [5.74, 6) is 1.28. The van der Waals surface area contributed by atoms with E-state index >= 15 is 0 Å². The lowest BCUT2D eigenvalue weighted by Gasteiger charge is -2.19. The van der Waals surface area contributed by atoms with Crippen molar-refractivity contribution in [2.45, 2.75) is 6.92 Å². The van der Waals surface area contributed by atoms with Crippen LogP contribution in [0.1, 0.15) is 12.5 Å². The molecule has 0 saturated carbocycles. The van der Waals surface area contributed by atoms with E-state index in [2.05, 4.69) is 28.3 Å². The highest BCUT2D eigenvalue weighted by molar-refractivity contribution is 6.10. The second-order valence-corrected chi connectivity index (χ2v) is 6.36. The Hall–Kier alpha value is -3.46. The molecule has 0 heterocycles. The van der Waals surface area contributed by atoms with Gasteiger partial charge >= 0.3 is 0 Å². The normalized spacial score (nSPS) is 11.1. The summed E-state index contributed by atoms with van der Waals surface area (Å²) in [5, 5.41) is 12.6. The zero-order valence-corrected chi connectivity index (χ0v) is 17.2. The van der Waals surface area contributed by atoms with Crippen LogP contribution in [0, 0.1) is 5.41 Å². The van der Waals surface area contributed by atoms with E-state index in [0.29, 0.717) is 18.8 Å². The van der Waals surface area contributed by atoms with E-state index in [1.54, 1.807) is 18.4 Å².